The summed E-state index contributed by atoms with van der Waals surface area (Å²) < 4.78 is 0. The lowest BCUT2D eigenvalue weighted by Crippen LogP contribution is -2.42. The third-order valence-corrected chi connectivity index (χ3v) is 2.70. The van der Waals surface area contributed by atoms with Crippen LogP contribution in [0.3, 0.4) is 0 Å². The molecule has 18 heavy (non-hydrogen) atoms. The van der Waals surface area contributed by atoms with Gasteiger partial charge < -0.3 is 10.4 Å². The van der Waals surface area contributed by atoms with E-state index in [4.69, 9.17) is 5.11 Å². The molecule has 1 aromatic carbocycles. The summed E-state index contributed by atoms with van der Waals surface area (Å²) in [6.45, 7) is 3.48. The molecule has 1 rings (SSSR count). The molecule has 1 atom stereocenters. The van der Waals surface area contributed by atoms with Crippen LogP contribution in [0.5, 0.6) is 0 Å². The monoisotopic (exact) mass is 249 g/mol. The van der Waals surface area contributed by atoms with Gasteiger partial charge in [0.2, 0.25) is 5.91 Å². The van der Waals surface area contributed by atoms with Gasteiger partial charge in [-0.3, -0.25) is 4.79 Å². The minimum atomic E-state index is -0.986. The van der Waals surface area contributed by atoms with Crippen LogP contribution in [-0.4, -0.2) is 23.0 Å². The van der Waals surface area contributed by atoms with E-state index < -0.39 is 12.0 Å². The summed E-state index contributed by atoms with van der Waals surface area (Å²) in [6, 6.07) is 8.82. The highest BCUT2D eigenvalue weighted by molar-refractivity contribution is 5.84. The Labute approximate surface area is 107 Å². The fraction of sp³-hybridized carbons (Fsp3) is 0.429. The van der Waals surface area contributed by atoms with E-state index in [1.165, 1.54) is 0 Å². The first-order valence-electron chi connectivity index (χ1n) is 6.08. The smallest absolute Gasteiger partial charge is 0.326 e. The van der Waals surface area contributed by atoms with Crippen molar-refractivity contribution in [1.29, 1.82) is 0 Å². The van der Waals surface area contributed by atoms with Crippen LogP contribution in [0.2, 0.25) is 0 Å². The highest BCUT2D eigenvalue weighted by Crippen LogP contribution is 2.06. The molecule has 0 fully saturated rings. The van der Waals surface area contributed by atoms with Gasteiger partial charge in [-0.2, -0.15) is 0 Å². The molecule has 0 heterocycles. The lowest BCUT2D eigenvalue weighted by molar-refractivity contribution is -0.142. The molecule has 0 bridgehead atoms. The topological polar surface area (TPSA) is 66.4 Å². The molecule has 0 aromatic heterocycles. The number of carboxylic acid groups (broad SMARTS) is 1. The third-order valence-electron chi connectivity index (χ3n) is 2.70. The third kappa shape index (κ3) is 4.57. The second-order valence-electron chi connectivity index (χ2n) is 4.58. The standard InChI is InChI=1S/C14H19NO3/c1-10(2)13(16)15-12(14(17)18)9-8-11-6-4-3-5-7-11/h3-7,10,12H,8-9H2,1-2H3,(H,15,16)(H,17,18). The maximum absolute atomic E-state index is 11.5. The highest BCUT2D eigenvalue weighted by Gasteiger charge is 2.20. The van der Waals surface area contributed by atoms with E-state index in [0.717, 1.165) is 5.56 Å². The fourth-order valence-corrected chi connectivity index (χ4v) is 1.55. The predicted octanol–water partition coefficient (Wildman–Crippen LogP) is 1.84. The molecule has 1 unspecified atom stereocenters. The number of benzene rings is 1. The van der Waals surface area contributed by atoms with E-state index in [2.05, 4.69) is 5.32 Å². The van der Waals surface area contributed by atoms with Crippen molar-refractivity contribution in [2.45, 2.75) is 32.7 Å². The second-order valence-corrected chi connectivity index (χ2v) is 4.58. The van der Waals surface area contributed by atoms with Crippen LogP contribution in [0.15, 0.2) is 30.3 Å². The quantitative estimate of drug-likeness (QED) is 0.808. The van der Waals surface area contributed by atoms with Crippen LogP contribution in [0.25, 0.3) is 0 Å². The zero-order valence-corrected chi connectivity index (χ0v) is 10.7. The molecule has 0 saturated carbocycles. The molecule has 1 amide bonds. The van der Waals surface area contributed by atoms with Gasteiger partial charge in [0.1, 0.15) is 6.04 Å². The van der Waals surface area contributed by atoms with Gasteiger partial charge in [-0.05, 0) is 18.4 Å². The van der Waals surface area contributed by atoms with Gasteiger partial charge in [0, 0.05) is 5.92 Å². The Balaban J connectivity index is 2.54. The molecule has 4 nitrogen and oxygen atoms in total. The number of carboxylic acids is 1. The average Bonchev–Trinajstić information content (AvgIpc) is 2.34. The van der Waals surface area contributed by atoms with Gasteiger partial charge in [-0.25, -0.2) is 4.79 Å². The number of nitrogens with one attached hydrogen (secondary N) is 1. The Kier molecular flexibility index (Phi) is 5.36. The van der Waals surface area contributed by atoms with E-state index in [9.17, 15) is 9.59 Å². The molecule has 0 aliphatic rings. The number of aryl methyl sites for hydroxylation is 1. The average molecular weight is 249 g/mol. The van der Waals surface area contributed by atoms with Crippen LogP contribution >= 0.6 is 0 Å². The molecule has 0 aliphatic carbocycles. The first-order chi connectivity index (χ1) is 8.50. The molecular weight excluding hydrogens is 230 g/mol. The Morgan fingerprint density at radius 3 is 2.33 bits per heavy atom. The number of hydrogen-bond donors (Lipinski definition) is 2. The summed E-state index contributed by atoms with van der Waals surface area (Å²) in [5.74, 6) is -1.42. The van der Waals surface area contributed by atoms with E-state index in [1.54, 1.807) is 13.8 Å². The Morgan fingerprint density at radius 2 is 1.83 bits per heavy atom. The van der Waals surface area contributed by atoms with Crippen molar-refractivity contribution < 1.29 is 14.7 Å². The first kappa shape index (κ1) is 14.2. The van der Waals surface area contributed by atoms with Crippen LogP contribution in [0, 0.1) is 5.92 Å². The van der Waals surface area contributed by atoms with E-state index in [0.29, 0.717) is 12.8 Å². The Morgan fingerprint density at radius 1 is 1.22 bits per heavy atom. The lowest BCUT2D eigenvalue weighted by Gasteiger charge is -2.16. The molecule has 1 aromatic rings. The van der Waals surface area contributed by atoms with Crippen LogP contribution in [0.1, 0.15) is 25.8 Å². The van der Waals surface area contributed by atoms with Gasteiger partial charge in [-0.15, -0.1) is 0 Å². The van der Waals surface area contributed by atoms with Crippen molar-refractivity contribution in [3.63, 3.8) is 0 Å². The number of carbonyl (C=O) groups is 2. The minimum Gasteiger partial charge on any atom is -0.480 e. The minimum absolute atomic E-state index is 0.205. The maximum Gasteiger partial charge on any atom is 0.326 e. The molecule has 98 valence electrons. The summed E-state index contributed by atoms with van der Waals surface area (Å²) >= 11 is 0. The zero-order chi connectivity index (χ0) is 13.5. The van der Waals surface area contributed by atoms with Gasteiger partial charge >= 0.3 is 5.97 Å². The normalized spacial score (nSPS) is 12.2. The zero-order valence-electron chi connectivity index (χ0n) is 10.7. The summed E-state index contributed by atoms with van der Waals surface area (Å²) in [5, 5.41) is 11.6. The Hall–Kier alpha value is -1.84. The number of aliphatic carboxylic acids is 1. The van der Waals surface area contributed by atoms with Crippen molar-refractivity contribution in [2.24, 2.45) is 5.92 Å². The van der Waals surface area contributed by atoms with E-state index in [1.807, 2.05) is 30.3 Å². The van der Waals surface area contributed by atoms with Crippen molar-refractivity contribution >= 4 is 11.9 Å². The van der Waals surface area contributed by atoms with Gasteiger partial charge in [0.25, 0.3) is 0 Å². The molecule has 4 heteroatoms. The molecule has 0 radical (unpaired) electrons. The van der Waals surface area contributed by atoms with Crippen molar-refractivity contribution in [3.05, 3.63) is 35.9 Å². The maximum atomic E-state index is 11.5. The lowest BCUT2D eigenvalue weighted by atomic mass is 10.0. The fourth-order valence-electron chi connectivity index (χ4n) is 1.55. The van der Waals surface area contributed by atoms with Gasteiger partial charge in [0.05, 0.1) is 0 Å². The van der Waals surface area contributed by atoms with Crippen LogP contribution in [-0.2, 0) is 16.0 Å². The highest BCUT2D eigenvalue weighted by atomic mass is 16.4. The number of amides is 1. The van der Waals surface area contributed by atoms with E-state index in [-0.39, 0.29) is 11.8 Å². The van der Waals surface area contributed by atoms with Crippen molar-refractivity contribution in [2.75, 3.05) is 0 Å². The summed E-state index contributed by atoms with van der Waals surface area (Å²) in [4.78, 5) is 22.6. The van der Waals surface area contributed by atoms with Crippen molar-refractivity contribution in [1.82, 2.24) is 5.32 Å². The largest absolute Gasteiger partial charge is 0.480 e. The summed E-state index contributed by atoms with van der Waals surface area (Å²) in [5.41, 5.74) is 1.07. The molecule has 0 spiro atoms. The first-order valence-corrected chi connectivity index (χ1v) is 6.08. The predicted molar refractivity (Wildman–Crippen MR) is 69.2 cm³/mol. The second kappa shape index (κ2) is 6.79. The molecule has 0 saturated heterocycles. The molecular formula is C14H19NO3. The van der Waals surface area contributed by atoms with E-state index >= 15 is 0 Å². The number of hydrogen-bond acceptors (Lipinski definition) is 2. The summed E-state index contributed by atoms with van der Waals surface area (Å²) in [7, 11) is 0. The molecule has 0 aliphatic heterocycles. The van der Waals surface area contributed by atoms with Gasteiger partial charge in [-0.1, -0.05) is 44.2 Å². The van der Waals surface area contributed by atoms with Crippen LogP contribution < -0.4 is 5.32 Å². The molecule has 2 N–H and O–H groups in total. The SMILES string of the molecule is CC(C)C(=O)NC(CCc1ccccc1)C(=O)O. The number of carbonyl (C=O) groups excluding carboxylic acids is 1. The summed E-state index contributed by atoms with van der Waals surface area (Å²) in [6.07, 6.45) is 1.04. The Bertz CT molecular complexity index is 401. The van der Waals surface area contributed by atoms with Gasteiger partial charge in [0.15, 0.2) is 0 Å². The van der Waals surface area contributed by atoms with Crippen LogP contribution in [0.4, 0.5) is 0 Å². The van der Waals surface area contributed by atoms with Crippen molar-refractivity contribution in [3.8, 4) is 0 Å². The number of rotatable bonds is 6.